The lowest BCUT2D eigenvalue weighted by molar-refractivity contribution is -0.122. The van der Waals surface area contributed by atoms with E-state index < -0.39 is 0 Å². The summed E-state index contributed by atoms with van der Waals surface area (Å²) in [5.74, 6) is -0.237. The van der Waals surface area contributed by atoms with Crippen LogP contribution in [0.1, 0.15) is 23.7 Å². The van der Waals surface area contributed by atoms with Crippen LogP contribution in [-0.2, 0) is 11.3 Å². The van der Waals surface area contributed by atoms with Gasteiger partial charge in [0.05, 0.1) is 4.91 Å². The smallest absolute Gasteiger partial charge is 0.293 e. The largest absolute Gasteiger partial charge is 0.340 e. The first-order chi connectivity index (χ1) is 13.9. The monoisotopic (exact) mass is 444 g/mol. The Kier molecular flexibility index (Phi) is 5.47. The molecule has 2 amide bonds. The zero-order chi connectivity index (χ0) is 20.7. The SMILES string of the molecule is CCN1C(=O)S/C(=C/c2c(C)n(Cc3ccc(Cl)cc3Cl)c3ccccc23)C1=O. The highest BCUT2D eigenvalue weighted by molar-refractivity contribution is 8.18. The number of likely N-dealkylation sites (N-methyl/N-ethyl adjacent to an activating group) is 1. The Labute approximate surface area is 183 Å². The third-order valence-corrected chi connectivity index (χ3v) is 6.58. The maximum atomic E-state index is 12.6. The molecule has 3 aromatic rings. The Morgan fingerprint density at radius 3 is 2.55 bits per heavy atom. The number of halogens is 2. The number of fused-ring (bicyclic) bond motifs is 1. The van der Waals surface area contributed by atoms with Gasteiger partial charge in [-0.25, -0.2) is 0 Å². The van der Waals surface area contributed by atoms with E-state index in [4.69, 9.17) is 23.2 Å². The molecule has 4 nitrogen and oxygen atoms in total. The van der Waals surface area contributed by atoms with Crippen molar-refractivity contribution in [2.24, 2.45) is 0 Å². The molecular formula is C22H18Cl2N2O2S. The lowest BCUT2D eigenvalue weighted by atomic mass is 10.1. The molecule has 148 valence electrons. The molecule has 1 fully saturated rings. The normalized spacial score (nSPS) is 15.9. The number of hydrogen-bond acceptors (Lipinski definition) is 3. The summed E-state index contributed by atoms with van der Waals surface area (Å²) in [4.78, 5) is 26.3. The van der Waals surface area contributed by atoms with Crippen molar-refractivity contribution in [3.05, 3.63) is 74.2 Å². The quantitative estimate of drug-likeness (QED) is 0.439. The number of nitrogens with zero attached hydrogens (tertiary/aromatic N) is 2. The van der Waals surface area contributed by atoms with Crippen LogP contribution in [0.4, 0.5) is 4.79 Å². The predicted octanol–water partition coefficient (Wildman–Crippen LogP) is 6.36. The molecule has 0 saturated carbocycles. The minimum absolute atomic E-state index is 0.224. The minimum atomic E-state index is -0.237. The van der Waals surface area contributed by atoms with Crippen LogP contribution in [-0.4, -0.2) is 27.2 Å². The lowest BCUT2D eigenvalue weighted by Gasteiger charge is -2.11. The Hall–Kier alpha value is -2.21. The molecule has 0 bridgehead atoms. The Balaban J connectivity index is 1.83. The number of thioether (sulfide) groups is 1. The lowest BCUT2D eigenvalue weighted by Crippen LogP contribution is -2.27. The molecule has 0 N–H and O–H groups in total. The van der Waals surface area contributed by atoms with E-state index in [-0.39, 0.29) is 11.1 Å². The van der Waals surface area contributed by atoms with Crippen molar-refractivity contribution in [1.29, 1.82) is 0 Å². The zero-order valence-electron chi connectivity index (χ0n) is 15.9. The molecule has 0 unspecified atom stereocenters. The molecule has 29 heavy (non-hydrogen) atoms. The summed E-state index contributed by atoms with van der Waals surface area (Å²) in [6.07, 6.45) is 1.83. The van der Waals surface area contributed by atoms with Crippen LogP contribution < -0.4 is 0 Å². The molecule has 7 heteroatoms. The van der Waals surface area contributed by atoms with Gasteiger partial charge in [-0.1, -0.05) is 47.5 Å². The molecule has 2 aromatic carbocycles. The van der Waals surface area contributed by atoms with E-state index in [0.717, 1.165) is 39.5 Å². The first kappa shape index (κ1) is 20.1. The highest BCUT2D eigenvalue weighted by Crippen LogP contribution is 2.36. The molecule has 1 aromatic heterocycles. The summed E-state index contributed by atoms with van der Waals surface area (Å²) in [6.45, 7) is 4.76. The summed E-state index contributed by atoms with van der Waals surface area (Å²) in [7, 11) is 0. The minimum Gasteiger partial charge on any atom is -0.340 e. The third kappa shape index (κ3) is 3.59. The molecule has 0 radical (unpaired) electrons. The van der Waals surface area contributed by atoms with Gasteiger partial charge in [-0.2, -0.15) is 0 Å². The molecule has 0 atom stereocenters. The van der Waals surface area contributed by atoms with Gasteiger partial charge in [0.1, 0.15) is 0 Å². The molecule has 1 saturated heterocycles. The number of aromatic nitrogens is 1. The van der Waals surface area contributed by atoms with E-state index in [1.165, 1.54) is 4.90 Å². The summed E-state index contributed by atoms with van der Waals surface area (Å²) < 4.78 is 2.17. The zero-order valence-corrected chi connectivity index (χ0v) is 18.2. The van der Waals surface area contributed by atoms with Crippen LogP contribution in [0.25, 0.3) is 17.0 Å². The van der Waals surface area contributed by atoms with Gasteiger partial charge >= 0.3 is 0 Å². The fourth-order valence-corrected chi connectivity index (χ4v) is 4.92. The first-order valence-electron chi connectivity index (χ1n) is 9.17. The maximum Gasteiger partial charge on any atom is 0.293 e. The third-order valence-electron chi connectivity index (χ3n) is 5.09. The van der Waals surface area contributed by atoms with Gasteiger partial charge in [-0.3, -0.25) is 14.5 Å². The first-order valence-corrected chi connectivity index (χ1v) is 10.7. The molecule has 2 heterocycles. The van der Waals surface area contributed by atoms with Crippen LogP contribution in [0, 0.1) is 6.92 Å². The van der Waals surface area contributed by atoms with Gasteiger partial charge in [0.15, 0.2) is 0 Å². The van der Waals surface area contributed by atoms with Crippen molar-refractivity contribution < 1.29 is 9.59 Å². The predicted molar refractivity (Wildman–Crippen MR) is 121 cm³/mol. The standard InChI is InChI=1S/C22H18Cl2N2O2S/c1-3-25-21(27)20(29-22(25)28)11-17-13(2)26(19-7-5-4-6-16(17)19)12-14-8-9-15(23)10-18(14)24/h4-11H,3,12H2,1-2H3/b20-11+. The Morgan fingerprint density at radius 2 is 1.86 bits per heavy atom. The highest BCUT2D eigenvalue weighted by Gasteiger charge is 2.34. The van der Waals surface area contributed by atoms with E-state index in [1.54, 1.807) is 13.0 Å². The number of benzene rings is 2. The molecular weight excluding hydrogens is 427 g/mol. The number of para-hydroxylation sites is 1. The maximum absolute atomic E-state index is 12.6. The number of imide groups is 1. The second-order valence-electron chi connectivity index (χ2n) is 6.76. The van der Waals surface area contributed by atoms with Gasteiger partial charge in [0.2, 0.25) is 0 Å². The van der Waals surface area contributed by atoms with E-state index in [9.17, 15) is 9.59 Å². The van der Waals surface area contributed by atoms with Crippen LogP contribution in [0.3, 0.4) is 0 Å². The Morgan fingerprint density at radius 1 is 1.10 bits per heavy atom. The number of carbonyl (C=O) groups excluding carboxylic acids is 2. The fourth-order valence-electron chi connectivity index (χ4n) is 3.57. The van der Waals surface area contributed by atoms with Crippen molar-refractivity contribution in [2.75, 3.05) is 6.54 Å². The second-order valence-corrected chi connectivity index (χ2v) is 8.60. The molecule has 1 aliphatic heterocycles. The van der Waals surface area contributed by atoms with Crippen molar-refractivity contribution in [2.45, 2.75) is 20.4 Å². The summed E-state index contributed by atoms with van der Waals surface area (Å²) in [5, 5.41) is 2.01. The summed E-state index contributed by atoms with van der Waals surface area (Å²) >= 11 is 13.4. The topological polar surface area (TPSA) is 42.3 Å². The average Bonchev–Trinajstić information content (AvgIpc) is 3.11. The van der Waals surface area contributed by atoms with Crippen molar-refractivity contribution >= 4 is 63.1 Å². The number of rotatable bonds is 4. The van der Waals surface area contributed by atoms with Gasteiger partial charge in [0.25, 0.3) is 11.1 Å². The van der Waals surface area contributed by atoms with E-state index in [2.05, 4.69) is 4.57 Å². The van der Waals surface area contributed by atoms with E-state index in [0.29, 0.717) is 28.0 Å². The highest BCUT2D eigenvalue weighted by atomic mass is 35.5. The van der Waals surface area contributed by atoms with E-state index in [1.807, 2.05) is 49.4 Å². The van der Waals surface area contributed by atoms with Gasteiger partial charge in [-0.15, -0.1) is 0 Å². The summed E-state index contributed by atoms with van der Waals surface area (Å²) in [6, 6.07) is 13.5. The van der Waals surface area contributed by atoms with Crippen molar-refractivity contribution in [1.82, 2.24) is 9.47 Å². The number of carbonyl (C=O) groups is 2. The number of hydrogen-bond donors (Lipinski definition) is 0. The van der Waals surface area contributed by atoms with Gasteiger partial charge in [0, 0.05) is 45.3 Å². The molecule has 1 aliphatic rings. The summed E-state index contributed by atoms with van der Waals surface area (Å²) in [5.41, 5.74) is 3.93. The second kappa shape index (κ2) is 7.90. The van der Waals surface area contributed by atoms with E-state index >= 15 is 0 Å². The van der Waals surface area contributed by atoms with Crippen LogP contribution >= 0.6 is 35.0 Å². The van der Waals surface area contributed by atoms with Crippen molar-refractivity contribution in [3.63, 3.8) is 0 Å². The fraction of sp³-hybridized carbons (Fsp3) is 0.182. The average molecular weight is 445 g/mol. The number of amides is 2. The van der Waals surface area contributed by atoms with Crippen LogP contribution in [0.5, 0.6) is 0 Å². The van der Waals surface area contributed by atoms with Gasteiger partial charge < -0.3 is 4.57 Å². The Bertz CT molecular complexity index is 1180. The van der Waals surface area contributed by atoms with Crippen LogP contribution in [0.15, 0.2) is 47.4 Å². The molecule has 0 spiro atoms. The molecule has 0 aliphatic carbocycles. The van der Waals surface area contributed by atoms with Crippen LogP contribution in [0.2, 0.25) is 10.0 Å². The van der Waals surface area contributed by atoms with Crippen molar-refractivity contribution in [3.8, 4) is 0 Å². The van der Waals surface area contributed by atoms with Gasteiger partial charge in [-0.05, 0) is 55.4 Å². The molecule has 4 rings (SSSR count).